The molecule has 0 unspecified atom stereocenters. The van der Waals surface area contributed by atoms with E-state index in [0.29, 0.717) is 13.0 Å². The van der Waals surface area contributed by atoms with Crippen molar-refractivity contribution in [3.63, 3.8) is 0 Å². The third kappa shape index (κ3) is 4.39. The molecule has 0 saturated heterocycles. The van der Waals surface area contributed by atoms with Gasteiger partial charge in [0.25, 0.3) is 0 Å². The van der Waals surface area contributed by atoms with Gasteiger partial charge >= 0.3 is 0 Å². The van der Waals surface area contributed by atoms with Crippen LogP contribution in [0.25, 0.3) is 0 Å². The van der Waals surface area contributed by atoms with Gasteiger partial charge in [-0.3, -0.25) is 9.48 Å². The Morgan fingerprint density at radius 1 is 1.31 bits per heavy atom. The molecular formula is C19H19ClN4OS. The molecule has 134 valence electrons. The van der Waals surface area contributed by atoms with Gasteiger partial charge in [0.2, 0.25) is 5.91 Å². The van der Waals surface area contributed by atoms with Crippen LogP contribution < -0.4 is 5.43 Å². The lowest BCUT2D eigenvalue weighted by Crippen LogP contribution is -2.19. The van der Waals surface area contributed by atoms with Crippen LogP contribution in [-0.2, 0) is 17.8 Å². The topological polar surface area (TPSA) is 59.3 Å². The SMILES string of the molecule is Cc1nn(Cc2ccccc2Cl)c(C)c1/C=N/NC(=O)Cc1cccs1. The maximum atomic E-state index is 11.9. The molecule has 0 bridgehead atoms. The van der Waals surface area contributed by atoms with Gasteiger partial charge in [0.1, 0.15) is 0 Å². The fourth-order valence-electron chi connectivity index (χ4n) is 2.62. The fraction of sp³-hybridized carbons (Fsp3) is 0.211. The number of aryl methyl sites for hydroxylation is 1. The number of aromatic nitrogens is 2. The molecule has 1 N–H and O–H groups in total. The highest BCUT2D eigenvalue weighted by molar-refractivity contribution is 7.10. The predicted octanol–water partition coefficient (Wildman–Crippen LogP) is 3.96. The van der Waals surface area contributed by atoms with Crippen LogP contribution in [0.1, 0.15) is 27.4 Å². The van der Waals surface area contributed by atoms with Crippen LogP contribution in [0.2, 0.25) is 5.02 Å². The van der Waals surface area contributed by atoms with Gasteiger partial charge in [0.15, 0.2) is 0 Å². The van der Waals surface area contributed by atoms with Crippen LogP contribution in [0.5, 0.6) is 0 Å². The molecule has 7 heteroatoms. The monoisotopic (exact) mass is 386 g/mol. The van der Waals surface area contributed by atoms with Crippen LogP contribution in [0.4, 0.5) is 0 Å². The van der Waals surface area contributed by atoms with E-state index in [9.17, 15) is 4.79 Å². The molecule has 1 amide bonds. The van der Waals surface area contributed by atoms with Crippen LogP contribution >= 0.6 is 22.9 Å². The van der Waals surface area contributed by atoms with Crippen LogP contribution in [-0.4, -0.2) is 21.9 Å². The van der Waals surface area contributed by atoms with E-state index in [1.807, 2.05) is 60.3 Å². The summed E-state index contributed by atoms with van der Waals surface area (Å²) >= 11 is 7.79. The Balaban J connectivity index is 1.67. The molecule has 3 rings (SSSR count). The van der Waals surface area contributed by atoms with Gasteiger partial charge in [-0.15, -0.1) is 11.3 Å². The number of hydrogen-bond acceptors (Lipinski definition) is 4. The number of nitrogens with one attached hydrogen (secondary N) is 1. The van der Waals surface area contributed by atoms with Gasteiger partial charge in [0, 0.05) is 21.2 Å². The first-order valence-electron chi connectivity index (χ1n) is 8.16. The molecule has 2 heterocycles. The van der Waals surface area contributed by atoms with E-state index in [2.05, 4.69) is 15.6 Å². The summed E-state index contributed by atoms with van der Waals surface area (Å²) in [5, 5.41) is 11.3. The molecule has 2 aromatic heterocycles. The van der Waals surface area contributed by atoms with Crippen molar-refractivity contribution in [3.05, 3.63) is 74.2 Å². The minimum absolute atomic E-state index is 0.137. The van der Waals surface area contributed by atoms with E-state index >= 15 is 0 Å². The average Bonchev–Trinajstić information content (AvgIpc) is 3.20. The number of halogens is 1. The van der Waals surface area contributed by atoms with Crippen molar-refractivity contribution in [2.75, 3.05) is 0 Å². The standard InChI is InChI=1S/C19H19ClN4OS/c1-13-17(11-21-22-19(25)10-16-7-5-9-26-16)14(2)24(23-13)12-15-6-3-4-8-18(15)20/h3-9,11H,10,12H2,1-2H3,(H,22,25)/b21-11+. The molecule has 0 aliphatic rings. The first-order chi connectivity index (χ1) is 12.5. The Labute approximate surface area is 161 Å². The fourth-order valence-corrected chi connectivity index (χ4v) is 3.52. The molecule has 0 atom stereocenters. The number of thiophene rings is 1. The third-order valence-electron chi connectivity index (χ3n) is 4.01. The summed E-state index contributed by atoms with van der Waals surface area (Å²) in [7, 11) is 0. The largest absolute Gasteiger partial charge is 0.273 e. The number of rotatable bonds is 6. The number of hydrogen-bond donors (Lipinski definition) is 1. The van der Waals surface area contributed by atoms with Gasteiger partial charge in [-0.1, -0.05) is 35.9 Å². The number of benzene rings is 1. The summed E-state index contributed by atoms with van der Waals surface area (Å²) in [5.41, 5.74) is 6.30. The summed E-state index contributed by atoms with van der Waals surface area (Å²) in [6, 6.07) is 11.6. The Morgan fingerprint density at radius 2 is 2.12 bits per heavy atom. The highest BCUT2D eigenvalue weighted by Gasteiger charge is 2.11. The first kappa shape index (κ1) is 18.4. The lowest BCUT2D eigenvalue weighted by molar-refractivity contribution is -0.120. The first-order valence-corrected chi connectivity index (χ1v) is 9.42. The van der Waals surface area contributed by atoms with Gasteiger partial charge < -0.3 is 0 Å². The van der Waals surface area contributed by atoms with Crippen molar-refractivity contribution in [3.8, 4) is 0 Å². The lowest BCUT2D eigenvalue weighted by Gasteiger charge is -2.06. The van der Waals surface area contributed by atoms with Crippen molar-refractivity contribution in [1.29, 1.82) is 0 Å². The maximum absolute atomic E-state index is 11.9. The van der Waals surface area contributed by atoms with E-state index in [1.165, 1.54) is 0 Å². The molecule has 26 heavy (non-hydrogen) atoms. The van der Waals surface area contributed by atoms with Crippen molar-refractivity contribution >= 4 is 35.1 Å². The molecule has 0 aliphatic heterocycles. The Morgan fingerprint density at radius 3 is 2.85 bits per heavy atom. The highest BCUT2D eigenvalue weighted by Crippen LogP contribution is 2.18. The number of amides is 1. The normalized spacial score (nSPS) is 11.2. The minimum Gasteiger partial charge on any atom is -0.273 e. The molecule has 0 radical (unpaired) electrons. The zero-order valence-electron chi connectivity index (χ0n) is 14.6. The Bertz CT molecular complexity index is 931. The lowest BCUT2D eigenvalue weighted by atomic mass is 10.2. The minimum atomic E-state index is -0.137. The molecule has 0 spiro atoms. The van der Waals surface area contributed by atoms with Gasteiger partial charge in [-0.2, -0.15) is 10.2 Å². The second-order valence-corrected chi connectivity index (χ2v) is 7.32. The maximum Gasteiger partial charge on any atom is 0.245 e. The van der Waals surface area contributed by atoms with Crippen LogP contribution in [0, 0.1) is 13.8 Å². The van der Waals surface area contributed by atoms with E-state index in [-0.39, 0.29) is 5.91 Å². The van der Waals surface area contributed by atoms with Crippen molar-refractivity contribution in [1.82, 2.24) is 15.2 Å². The van der Waals surface area contributed by atoms with Crippen molar-refractivity contribution < 1.29 is 4.79 Å². The van der Waals surface area contributed by atoms with E-state index < -0.39 is 0 Å². The van der Waals surface area contributed by atoms with Gasteiger partial charge in [-0.05, 0) is 36.9 Å². The Kier molecular flexibility index (Phi) is 5.85. The van der Waals surface area contributed by atoms with E-state index in [4.69, 9.17) is 11.6 Å². The smallest absolute Gasteiger partial charge is 0.245 e. The summed E-state index contributed by atoms with van der Waals surface area (Å²) < 4.78 is 1.89. The third-order valence-corrected chi connectivity index (χ3v) is 5.26. The quantitative estimate of drug-likeness (QED) is 0.515. The number of hydrazone groups is 1. The summed E-state index contributed by atoms with van der Waals surface area (Å²) in [5.74, 6) is -0.137. The zero-order chi connectivity index (χ0) is 18.5. The Hall–Kier alpha value is -2.44. The molecule has 1 aromatic carbocycles. The van der Waals surface area contributed by atoms with Crippen LogP contribution in [0.3, 0.4) is 0 Å². The second kappa shape index (κ2) is 8.29. The molecule has 0 fully saturated rings. The molecule has 3 aromatic rings. The average molecular weight is 387 g/mol. The second-order valence-electron chi connectivity index (χ2n) is 5.88. The number of nitrogens with zero attached hydrogens (tertiary/aromatic N) is 3. The molecule has 0 saturated carbocycles. The van der Waals surface area contributed by atoms with Gasteiger partial charge in [-0.25, -0.2) is 5.43 Å². The van der Waals surface area contributed by atoms with Crippen LogP contribution in [0.15, 0.2) is 46.9 Å². The molecule has 0 aliphatic carbocycles. The van der Waals surface area contributed by atoms with Crippen molar-refractivity contribution in [2.45, 2.75) is 26.8 Å². The summed E-state index contributed by atoms with van der Waals surface area (Å²) in [6.07, 6.45) is 1.98. The highest BCUT2D eigenvalue weighted by atomic mass is 35.5. The van der Waals surface area contributed by atoms with E-state index in [1.54, 1.807) is 17.6 Å². The summed E-state index contributed by atoms with van der Waals surface area (Å²) in [6.45, 7) is 4.49. The zero-order valence-corrected chi connectivity index (χ0v) is 16.1. The van der Waals surface area contributed by atoms with E-state index in [0.717, 1.165) is 32.4 Å². The summed E-state index contributed by atoms with van der Waals surface area (Å²) in [4.78, 5) is 12.9. The number of carbonyl (C=O) groups excluding carboxylic acids is 1. The number of carbonyl (C=O) groups is 1. The predicted molar refractivity (Wildman–Crippen MR) is 106 cm³/mol. The molecular weight excluding hydrogens is 368 g/mol. The van der Waals surface area contributed by atoms with Gasteiger partial charge in [0.05, 0.1) is 24.9 Å². The van der Waals surface area contributed by atoms with Crippen molar-refractivity contribution in [2.24, 2.45) is 5.10 Å². The molecule has 5 nitrogen and oxygen atoms in total.